The molecule has 3 heteroatoms. The first-order valence-electron chi connectivity index (χ1n) is 6.13. The average Bonchev–Trinajstić information content (AvgIpc) is 2.73. The highest BCUT2D eigenvalue weighted by atomic mass is 79.9. The summed E-state index contributed by atoms with van der Waals surface area (Å²) in [5.41, 5.74) is 0. The van der Waals surface area contributed by atoms with Crippen molar-refractivity contribution in [3.8, 4) is 0 Å². The molecule has 0 N–H and O–H groups in total. The van der Waals surface area contributed by atoms with Crippen LogP contribution in [-0.4, -0.2) is 6.10 Å². The largest absolute Gasteiger partial charge is 0.373 e. The highest BCUT2D eigenvalue weighted by Gasteiger charge is 2.21. The summed E-state index contributed by atoms with van der Waals surface area (Å²) in [7, 11) is 0. The van der Waals surface area contributed by atoms with Gasteiger partial charge in [0.25, 0.3) is 0 Å². The molecule has 2 unspecified atom stereocenters. The van der Waals surface area contributed by atoms with Crippen LogP contribution in [0.4, 0.5) is 0 Å². The van der Waals surface area contributed by atoms with Crippen LogP contribution in [0.25, 0.3) is 0 Å². The van der Waals surface area contributed by atoms with Gasteiger partial charge in [0.05, 0.1) is 16.5 Å². The lowest BCUT2D eigenvalue weighted by Gasteiger charge is -2.28. The van der Waals surface area contributed by atoms with E-state index < -0.39 is 0 Å². The Morgan fingerprint density at radius 1 is 1.44 bits per heavy atom. The molecule has 0 spiro atoms. The lowest BCUT2D eigenvalue weighted by molar-refractivity contribution is 0.00298. The molecule has 1 aromatic rings. The molecule has 1 heterocycles. The fourth-order valence-electron chi connectivity index (χ4n) is 2.39. The maximum Gasteiger partial charge on any atom is 0.0813 e. The maximum atomic E-state index is 6.00. The lowest BCUT2D eigenvalue weighted by atomic mass is 9.85. The van der Waals surface area contributed by atoms with Crippen molar-refractivity contribution in [3.05, 3.63) is 20.8 Å². The van der Waals surface area contributed by atoms with Gasteiger partial charge in [-0.3, -0.25) is 0 Å². The Hall–Kier alpha value is 0.140. The van der Waals surface area contributed by atoms with Gasteiger partial charge in [-0.25, -0.2) is 0 Å². The molecule has 0 radical (unpaired) electrons. The minimum atomic E-state index is 0.500. The van der Waals surface area contributed by atoms with E-state index in [9.17, 15) is 0 Å². The molecule has 2 atom stereocenters. The highest BCUT2D eigenvalue weighted by Crippen LogP contribution is 2.30. The first-order chi connectivity index (χ1) is 7.78. The lowest BCUT2D eigenvalue weighted by Crippen LogP contribution is -2.22. The van der Waals surface area contributed by atoms with E-state index in [1.807, 2.05) is 0 Å². The van der Waals surface area contributed by atoms with Crippen molar-refractivity contribution in [2.45, 2.75) is 51.7 Å². The molecule has 0 saturated heterocycles. The third-order valence-corrected chi connectivity index (χ3v) is 5.00. The number of rotatable bonds is 4. The first-order valence-corrected chi connectivity index (χ1v) is 7.74. The van der Waals surface area contributed by atoms with E-state index in [4.69, 9.17) is 4.74 Å². The summed E-state index contributed by atoms with van der Waals surface area (Å²) in [6.45, 7) is 3.08. The molecule has 0 amide bonds. The predicted octanol–water partition coefficient (Wildman–Crippen LogP) is 5.00. The fraction of sp³-hybridized carbons (Fsp3) is 0.692. The molecular weight excluding hydrogens is 284 g/mol. The molecule has 0 aliphatic heterocycles. The second kappa shape index (κ2) is 6.18. The van der Waals surface area contributed by atoms with Crippen LogP contribution in [-0.2, 0) is 11.3 Å². The van der Waals surface area contributed by atoms with E-state index in [1.54, 1.807) is 11.3 Å². The van der Waals surface area contributed by atoms with Crippen molar-refractivity contribution in [1.82, 2.24) is 0 Å². The van der Waals surface area contributed by atoms with Gasteiger partial charge in [0.15, 0.2) is 0 Å². The van der Waals surface area contributed by atoms with Gasteiger partial charge < -0.3 is 4.74 Å². The van der Waals surface area contributed by atoms with Gasteiger partial charge in [0, 0.05) is 4.88 Å². The molecule has 90 valence electrons. The molecule has 1 saturated carbocycles. The van der Waals surface area contributed by atoms with Crippen LogP contribution in [0.3, 0.4) is 0 Å². The molecule has 1 nitrogen and oxygen atoms in total. The Balaban J connectivity index is 1.77. The number of hydrogen-bond donors (Lipinski definition) is 0. The normalized spacial score (nSPS) is 25.9. The van der Waals surface area contributed by atoms with Crippen LogP contribution >= 0.6 is 27.3 Å². The van der Waals surface area contributed by atoms with Gasteiger partial charge in [0.1, 0.15) is 0 Å². The number of thiophene rings is 1. The van der Waals surface area contributed by atoms with E-state index in [1.165, 1.54) is 40.8 Å². The summed E-state index contributed by atoms with van der Waals surface area (Å²) < 4.78 is 7.20. The molecule has 1 fully saturated rings. The van der Waals surface area contributed by atoms with Gasteiger partial charge in [0.2, 0.25) is 0 Å². The second-order valence-electron chi connectivity index (χ2n) is 4.58. The van der Waals surface area contributed by atoms with Gasteiger partial charge >= 0.3 is 0 Å². The quantitative estimate of drug-likeness (QED) is 0.761. The Morgan fingerprint density at radius 3 is 3.00 bits per heavy atom. The number of ether oxygens (including phenoxy) is 1. The van der Waals surface area contributed by atoms with E-state index >= 15 is 0 Å². The highest BCUT2D eigenvalue weighted by molar-refractivity contribution is 9.11. The molecule has 1 aliphatic carbocycles. The number of halogens is 1. The SMILES string of the molecule is CCC1CCCC(OCc2ccc(Br)s2)C1. The van der Waals surface area contributed by atoms with Crippen LogP contribution in [0.1, 0.15) is 43.9 Å². The zero-order chi connectivity index (χ0) is 11.4. The van der Waals surface area contributed by atoms with Crippen LogP contribution in [0, 0.1) is 5.92 Å². The second-order valence-corrected chi connectivity index (χ2v) is 7.13. The van der Waals surface area contributed by atoms with Crippen molar-refractivity contribution < 1.29 is 4.74 Å². The van der Waals surface area contributed by atoms with E-state index in [0.29, 0.717) is 6.10 Å². The van der Waals surface area contributed by atoms with Gasteiger partial charge in [-0.05, 0) is 46.8 Å². The summed E-state index contributed by atoms with van der Waals surface area (Å²) >= 11 is 5.26. The first kappa shape index (κ1) is 12.6. The summed E-state index contributed by atoms with van der Waals surface area (Å²) in [6, 6.07) is 4.24. The van der Waals surface area contributed by atoms with Crippen LogP contribution in [0.5, 0.6) is 0 Å². The summed E-state index contributed by atoms with van der Waals surface area (Å²) in [5, 5.41) is 0. The van der Waals surface area contributed by atoms with E-state index in [2.05, 4.69) is 35.0 Å². The summed E-state index contributed by atoms with van der Waals surface area (Å²) in [6.07, 6.45) is 7.08. The molecule has 0 aromatic carbocycles. The molecule has 1 aliphatic rings. The number of hydrogen-bond acceptors (Lipinski definition) is 2. The van der Waals surface area contributed by atoms with Gasteiger partial charge in [-0.15, -0.1) is 11.3 Å². The van der Waals surface area contributed by atoms with Crippen molar-refractivity contribution >= 4 is 27.3 Å². The topological polar surface area (TPSA) is 9.23 Å². The van der Waals surface area contributed by atoms with Crippen molar-refractivity contribution in [3.63, 3.8) is 0 Å². The summed E-state index contributed by atoms with van der Waals surface area (Å²) in [5.74, 6) is 0.897. The fourth-order valence-corrected chi connectivity index (χ4v) is 3.80. The Labute approximate surface area is 110 Å². The molecule has 2 rings (SSSR count). The Morgan fingerprint density at radius 2 is 2.31 bits per heavy atom. The predicted molar refractivity (Wildman–Crippen MR) is 72.8 cm³/mol. The zero-order valence-corrected chi connectivity index (χ0v) is 12.1. The smallest absolute Gasteiger partial charge is 0.0813 e. The van der Waals surface area contributed by atoms with Crippen molar-refractivity contribution in [1.29, 1.82) is 0 Å². The maximum absolute atomic E-state index is 6.00. The summed E-state index contributed by atoms with van der Waals surface area (Å²) in [4.78, 5) is 1.32. The molecule has 1 aromatic heterocycles. The Kier molecular flexibility index (Phi) is 4.86. The van der Waals surface area contributed by atoms with Crippen LogP contribution in [0.2, 0.25) is 0 Å². The van der Waals surface area contributed by atoms with E-state index in [-0.39, 0.29) is 0 Å². The minimum Gasteiger partial charge on any atom is -0.373 e. The van der Waals surface area contributed by atoms with Gasteiger partial charge in [-0.2, -0.15) is 0 Å². The Bertz CT molecular complexity index is 323. The molecular formula is C13H19BrOS. The van der Waals surface area contributed by atoms with Crippen LogP contribution in [0.15, 0.2) is 15.9 Å². The van der Waals surface area contributed by atoms with E-state index in [0.717, 1.165) is 12.5 Å². The van der Waals surface area contributed by atoms with Gasteiger partial charge in [-0.1, -0.05) is 26.2 Å². The third-order valence-electron chi connectivity index (χ3n) is 3.40. The third kappa shape index (κ3) is 3.57. The zero-order valence-electron chi connectivity index (χ0n) is 9.75. The standard InChI is InChI=1S/C13H19BrOS/c1-2-10-4-3-5-11(8-10)15-9-12-6-7-13(14)16-12/h6-7,10-11H,2-5,8-9H2,1H3. The molecule has 16 heavy (non-hydrogen) atoms. The molecule has 0 bridgehead atoms. The monoisotopic (exact) mass is 302 g/mol. The van der Waals surface area contributed by atoms with Crippen LogP contribution < -0.4 is 0 Å². The minimum absolute atomic E-state index is 0.500. The van der Waals surface area contributed by atoms with Crippen molar-refractivity contribution in [2.75, 3.05) is 0 Å². The van der Waals surface area contributed by atoms with Crippen molar-refractivity contribution in [2.24, 2.45) is 5.92 Å². The average molecular weight is 303 g/mol.